The fraction of sp³-hybridized carbons (Fsp3) is 0.118. The van der Waals surface area contributed by atoms with Gasteiger partial charge in [-0.2, -0.15) is 0 Å². The molecule has 2 aromatic carbocycles. The van der Waals surface area contributed by atoms with Crippen molar-refractivity contribution in [2.24, 2.45) is 0 Å². The summed E-state index contributed by atoms with van der Waals surface area (Å²) in [7, 11) is 2.66. The molecule has 0 bridgehead atoms. The summed E-state index contributed by atoms with van der Waals surface area (Å²) < 4.78 is 24.6. The number of nitrogens with two attached hydrogens (primary N) is 1. The van der Waals surface area contributed by atoms with Crippen molar-refractivity contribution in [3.8, 4) is 11.5 Å². The molecule has 0 aliphatic carbocycles. The molecule has 0 unspecified atom stereocenters. The van der Waals surface area contributed by atoms with Crippen LogP contribution in [0.15, 0.2) is 30.6 Å². The number of hydrogen-bond acceptors (Lipinski definition) is 6. The van der Waals surface area contributed by atoms with Crippen molar-refractivity contribution in [3.63, 3.8) is 0 Å². The van der Waals surface area contributed by atoms with Gasteiger partial charge in [0, 0.05) is 11.5 Å². The average molecular weight is 377 g/mol. The first-order valence-electron chi connectivity index (χ1n) is 7.38. The number of benzene rings is 2. The lowest BCUT2D eigenvalue weighted by atomic mass is 10.1. The molecule has 9 heteroatoms. The average Bonchev–Trinajstić information content (AvgIpc) is 2.65. The first-order valence-corrected chi connectivity index (χ1v) is 7.76. The van der Waals surface area contributed by atoms with Crippen LogP contribution in [0.25, 0.3) is 10.9 Å². The minimum absolute atomic E-state index is 0.0893. The quantitative estimate of drug-likeness (QED) is 0.725. The largest absolute Gasteiger partial charge is 0.495 e. The maximum absolute atomic E-state index is 14.6. The number of nitrogens with one attached hydrogen (secondary N) is 1. The highest BCUT2D eigenvalue weighted by molar-refractivity contribution is 6.35. The molecule has 0 aliphatic rings. The van der Waals surface area contributed by atoms with Crippen LogP contribution in [0.5, 0.6) is 11.5 Å². The van der Waals surface area contributed by atoms with Gasteiger partial charge in [0.15, 0.2) is 11.6 Å². The highest BCUT2D eigenvalue weighted by atomic mass is 35.5. The fourth-order valence-corrected chi connectivity index (χ4v) is 2.73. The maximum Gasteiger partial charge on any atom is 0.258 e. The third-order valence-electron chi connectivity index (χ3n) is 3.75. The number of para-hydroxylation sites is 1. The van der Waals surface area contributed by atoms with Crippen molar-refractivity contribution in [3.05, 3.63) is 47.0 Å². The molecule has 26 heavy (non-hydrogen) atoms. The van der Waals surface area contributed by atoms with Crippen molar-refractivity contribution in [2.75, 3.05) is 25.3 Å². The first-order chi connectivity index (χ1) is 12.5. The molecule has 0 atom stereocenters. The predicted octanol–water partition coefficient (Wildman–Crippen LogP) is 3.27. The van der Waals surface area contributed by atoms with Gasteiger partial charge in [-0.15, -0.1) is 0 Å². The molecule has 1 aromatic heterocycles. The van der Waals surface area contributed by atoms with Crippen LogP contribution in [0.4, 0.5) is 15.9 Å². The second-order valence-electron chi connectivity index (χ2n) is 5.20. The molecule has 0 fully saturated rings. The Hall–Kier alpha value is -3.13. The van der Waals surface area contributed by atoms with Crippen LogP contribution in [0.1, 0.15) is 10.4 Å². The Balaban J connectivity index is 2.08. The second kappa shape index (κ2) is 7.01. The standard InChI is InChI=1S/C17H14ClFN4O3/c1-25-10-6-11(26-2)13(19)15(12(10)18)23-17(24)9-5-3-4-8-14(9)21-7-22-16(8)20/h3-7H,1-2H3,(H,23,24)(H2,20,21,22). The van der Waals surface area contributed by atoms with E-state index in [1.54, 1.807) is 12.1 Å². The van der Waals surface area contributed by atoms with Gasteiger partial charge < -0.3 is 20.5 Å². The lowest BCUT2D eigenvalue weighted by Gasteiger charge is -2.15. The van der Waals surface area contributed by atoms with E-state index in [1.807, 2.05) is 0 Å². The Morgan fingerprint density at radius 2 is 1.96 bits per heavy atom. The van der Waals surface area contributed by atoms with Gasteiger partial charge in [-0.25, -0.2) is 14.4 Å². The Labute approximate surface area is 152 Å². The third kappa shape index (κ3) is 2.95. The summed E-state index contributed by atoms with van der Waals surface area (Å²) >= 11 is 6.14. The van der Waals surface area contributed by atoms with Crippen LogP contribution in [0.3, 0.4) is 0 Å². The van der Waals surface area contributed by atoms with Gasteiger partial charge in [-0.05, 0) is 12.1 Å². The van der Waals surface area contributed by atoms with Gasteiger partial charge in [-0.3, -0.25) is 4.79 Å². The van der Waals surface area contributed by atoms with E-state index in [0.717, 1.165) is 0 Å². The van der Waals surface area contributed by atoms with Gasteiger partial charge >= 0.3 is 0 Å². The second-order valence-corrected chi connectivity index (χ2v) is 5.58. The molecule has 0 aliphatic heterocycles. The van der Waals surface area contributed by atoms with Crippen LogP contribution in [-0.4, -0.2) is 30.1 Å². The van der Waals surface area contributed by atoms with E-state index in [4.69, 9.17) is 26.8 Å². The van der Waals surface area contributed by atoms with Crippen molar-refractivity contribution >= 4 is 39.9 Å². The number of hydrogen-bond donors (Lipinski definition) is 2. The summed E-state index contributed by atoms with van der Waals surface area (Å²) in [6.07, 6.45) is 1.25. The van der Waals surface area contributed by atoms with E-state index in [0.29, 0.717) is 10.9 Å². The zero-order chi connectivity index (χ0) is 18.8. The van der Waals surface area contributed by atoms with Crippen LogP contribution < -0.4 is 20.5 Å². The summed E-state index contributed by atoms with van der Waals surface area (Å²) in [5, 5.41) is 2.87. The molecule has 3 N–H and O–H groups in total. The van der Waals surface area contributed by atoms with E-state index in [2.05, 4.69) is 15.3 Å². The lowest BCUT2D eigenvalue weighted by molar-refractivity contribution is 0.102. The molecule has 0 saturated heterocycles. The number of anilines is 2. The topological polar surface area (TPSA) is 99.4 Å². The molecule has 1 heterocycles. The number of carbonyl (C=O) groups excluding carboxylic acids is 1. The Morgan fingerprint density at radius 1 is 1.23 bits per heavy atom. The number of nitrogens with zero attached hydrogens (tertiary/aromatic N) is 2. The van der Waals surface area contributed by atoms with Crippen LogP contribution in [-0.2, 0) is 0 Å². The van der Waals surface area contributed by atoms with Gasteiger partial charge in [0.2, 0.25) is 0 Å². The van der Waals surface area contributed by atoms with E-state index in [-0.39, 0.29) is 33.6 Å². The zero-order valence-electron chi connectivity index (χ0n) is 13.8. The Kier molecular flexibility index (Phi) is 4.77. The van der Waals surface area contributed by atoms with E-state index in [9.17, 15) is 9.18 Å². The minimum atomic E-state index is -0.818. The number of carbonyl (C=O) groups is 1. The molecule has 7 nitrogen and oxygen atoms in total. The van der Waals surface area contributed by atoms with Gasteiger partial charge in [0.05, 0.1) is 25.3 Å². The SMILES string of the molecule is COc1cc(OC)c(Cl)c(NC(=O)c2cccc3c(N)ncnc23)c1F. The summed E-state index contributed by atoms with van der Waals surface area (Å²) in [4.78, 5) is 20.7. The normalized spacial score (nSPS) is 10.6. The van der Waals surface area contributed by atoms with E-state index < -0.39 is 11.7 Å². The predicted molar refractivity (Wildman–Crippen MR) is 96.4 cm³/mol. The molecular formula is C17H14ClFN4O3. The molecule has 0 saturated carbocycles. The highest BCUT2D eigenvalue weighted by Gasteiger charge is 2.22. The third-order valence-corrected chi connectivity index (χ3v) is 4.13. The lowest BCUT2D eigenvalue weighted by Crippen LogP contribution is -2.15. The van der Waals surface area contributed by atoms with Crippen molar-refractivity contribution in [1.29, 1.82) is 0 Å². The number of halogens is 2. The maximum atomic E-state index is 14.6. The smallest absolute Gasteiger partial charge is 0.258 e. The van der Waals surface area contributed by atoms with Gasteiger partial charge in [-0.1, -0.05) is 17.7 Å². The molecule has 3 aromatic rings. The van der Waals surface area contributed by atoms with Crippen molar-refractivity contribution in [2.45, 2.75) is 0 Å². The zero-order valence-corrected chi connectivity index (χ0v) is 14.6. The minimum Gasteiger partial charge on any atom is -0.495 e. The Bertz CT molecular complexity index is 985. The number of fused-ring (bicyclic) bond motifs is 1. The number of rotatable bonds is 4. The molecule has 1 amide bonds. The fourth-order valence-electron chi connectivity index (χ4n) is 2.47. The Morgan fingerprint density at radius 3 is 2.65 bits per heavy atom. The summed E-state index contributed by atoms with van der Waals surface area (Å²) in [6.45, 7) is 0. The summed E-state index contributed by atoms with van der Waals surface area (Å²) in [5.74, 6) is -1.17. The molecular weight excluding hydrogens is 363 g/mol. The monoisotopic (exact) mass is 376 g/mol. The highest BCUT2D eigenvalue weighted by Crippen LogP contribution is 2.40. The van der Waals surface area contributed by atoms with Gasteiger partial charge in [0.25, 0.3) is 5.91 Å². The van der Waals surface area contributed by atoms with E-state index in [1.165, 1.54) is 32.7 Å². The van der Waals surface area contributed by atoms with Gasteiger partial charge in [0.1, 0.15) is 28.6 Å². The van der Waals surface area contributed by atoms with Crippen LogP contribution in [0.2, 0.25) is 5.02 Å². The number of nitrogen functional groups attached to an aromatic ring is 1. The van der Waals surface area contributed by atoms with Crippen molar-refractivity contribution in [1.82, 2.24) is 9.97 Å². The number of aromatic nitrogens is 2. The molecule has 0 radical (unpaired) electrons. The number of methoxy groups -OCH3 is 2. The summed E-state index contributed by atoms with van der Waals surface area (Å²) in [6, 6.07) is 6.14. The number of ether oxygens (including phenoxy) is 2. The van der Waals surface area contributed by atoms with E-state index >= 15 is 0 Å². The number of amides is 1. The first kappa shape index (κ1) is 17.7. The summed E-state index contributed by atoms with van der Waals surface area (Å²) in [5.41, 5.74) is 6.07. The molecule has 134 valence electrons. The molecule has 3 rings (SSSR count). The van der Waals surface area contributed by atoms with Crippen LogP contribution in [0, 0.1) is 5.82 Å². The molecule has 0 spiro atoms. The van der Waals surface area contributed by atoms with Crippen LogP contribution >= 0.6 is 11.6 Å². The van der Waals surface area contributed by atoms with Crippen molar-refractivity contribution < 1.29 is 18.7 Å².